The molecule has 1 saturated carbocycles. The predicted molar refractivity (Wildman–Crippen MR) is 119 cm³/mol. The quantitative estimate of drug-likeness (QED) is 0.596. The third-order valence-electron chi connectivity index (χ3n) is 5.39. The van der Waals surface area contributed by atoms with Crippen LogP contribution in [0, 0.1) is 5.82 Å². The van der Waals surface area contributed by atoms with Crippen LogP contribution in [0.3, 0.4) is 0 Å². The molecule has 7 nitrogen and oxygen atoms in total. The van der Waals surface area contributed by atoms with Crippen molar-refractivity contribution in [3.63, 3.8) is 0 Å². The second kappa shape index (κ2) is 10.4. The molecule has 1 N–H and O–H groups in total. The zero-order chi connectivity index (χ0) is 23.3. The van der Waals surface area contributed by atoms with Crippen LogP contribution in [0.25, 0.3) is 0 Å². The van der Waals surface area contributed by atoms with Gasteiger partial charge in [0, 0.05) is 13.1 Å². The van der Waals surface area contributed by atoms with Crippen LogP contribution in [0.15, 0.2) is 47.4 Å². The van der Waals surface area contributed by atoms with E-state index in [2.05, 4.69) is 5.32 Å². The lowest BCUT2D eigenvalue weighted by molar-refractivity contribution is -0.119. The first-order valence-electron chi connectivity index (χ1n) is 10.2. The zero-order valence-electron chi connectivity index (χ0n) is 17.5. The Morgan fingerprint density at radius 1 is 1.16 bits per heavy atom. The summed E-state index contributed by atoms with van der Waals surface area (Å²) < 4.78 is 45.8. The van der Waals surface area contributed by atoms with E-state index in [1.165, 1.54) is 16.4 Å². The third kappa shape index (κ3) is 5.65. The van der Waals surface area contributed by atoms with E-state index in [4.69, 9.17) is 16.3 Å². The number of carbonyl (C=O) groups is 2. The highest BCUT2D eigenvalue weighted by molar-refractivity contribution is 7.89. The molecule has 0 bridgehead atoms. The largest absolute Gasteiger partial charge is 0.452 e. The number of esters is 1. The Morgan fingerprint density at radius 3 is 2.53 bits per heavy atom. The van der Waals surface area contributed by atoms with Gasteiger partial charge in [-0.05, 0) is 43.2 Å². The molecule has 0 aromatic heterocycles. The van der Waals surface area contributed by atoms with Crippen LogP contribution in [0.2, 0.25) is 5.02 Å². The van der Waals surface area contributed by atoms with Crippen molar-refractivity contribution in [3.05, 3.63) is 58.9 Å². The first-order chi connectivity index (χ1) is 15.2. The van der Waals surface area contributed by atoms with Gasteiger partial charge >= 0.3 is 5.97 Å². The zero-order valence-corrected chi connectivity index (χ0v) is 19.1. The predicted octanol–water partition coefficient (Wildman–Crippen LogP) is 4.23. The van der Waals surface area contributed by atoms with Crippen molar-refractivity contribution >= 4 is 39.2 Å². The number of benzene rings is 2. The van der Waals surface area contributed by atoms with Crippen LogP contribution in [0.5, 0.6) is 0 Å². The molecule has 172 valence electrons. The Labute approximate surface area is 191 Å². The number of para-hydroxylation sites is 1. The summed E-state index contributed by atoms with van der Waals surface area (Å²) in [5, 5.41) is 2.35. The maximum Gasteiger partial charge on any atom is 0.340 e. The summed E-state index contributed by atoms with van der Waals surface area (Å²) in [5.41, 5.74) is 0.00831. The number of halogens is 2. The van der Waals surface area contributed by atoms with Crippen molar-refractivity contribution < 1.29 is 27.1 Å². The van der Waals surface area contributed by atoms with Gasteiger partial charge in [-0.2, -0.15) is 4.31 Å². The molecule has 0 saturated heterocycles. The fourth-order valence-electron chi connectivity index (χ4n) is 3.64. The van der Waals surface area contributed by atoms with Crippen LogP contribution in [0.4, 0.5) is 10.1 Å². The minimum Gasteiger partial charge on any atom is -0.452 e. The number of carbonyl (C=O) groups excluding carboxylic acids is 2. The first kappa shape index (κ1) is 24.2. The van der Waals surface area contributed by atoms with Crippen LogP contribution in [0.1, 0.15) is 42.5 Å². The Hall–Kier alpha value is -2.49. The molecule has 0 heterocycles. The highest BCUT2D eigenvalue weighted by Gasteiger charge is 2.31. The Kier molecular flexibility index (Phi) is 7.86. The Morgan fingerprint density at radius 2 is 1.84 bits per heavy atom. The van der Waals surface area contributed by atoms with Gasteiger partial charge in [0.1, 0.15) is 10.7 Å². The van der Waals surface area contributed by atoms with Gasteiger partial charge in [-0.15, -0.1) is 0 Å². The van der Waals surface area contributed by atoms with E-state index in [-0.39, 0.29) is 27.2 Å². The number of hydrogen-bond donors (Lipinski definition) is 1. The average molecular weight is 483 g/mol. The van der Waals surface area contributed by atoms with Crippen molar-refractivity contribution in [1.29, 1.82) is 0 Å². The summed E-state index contributed by atoms with van der Waals surface area (Å²) in [6.45, 7) is -0.667. The third-order valence-corrected chi connectivity index (χ3v) is 7.67. The molecule has 1 aliphatic carbocycles. The number of nitrogens with one attached hydrogen (secondary N) is 1. The Balaban J connectivity index is 1.69. The fourth-order valence-corrected chi connectivity index (χ4v) is 5.45. The number of ether oxygens (including phenoxy) is 1. The maximum atomic E-state index is 13.2. The van der Waals surface area contributed by atoms with Gasteiger partial charge in [-0.1, -0.05) is 43.0 Å². The van der Waals surface area contributed by atoms with Crippen molar-refractivity contribution in [2.75, 3.05) is 19.0 Å². The summed E-state index contributed by atoms with van der Waals surface area (Å²) in [7, 11) is -2.29. The molecule has 0 radical (unpaired) electrons. The molecule has 2 aromatic carbocycles. The molecule has 0 aliphatic heterocycles. The van der Waals surface area contributed by atoms with Gasteiger partial charge in [0.25, 0.3) is 5.91 Å². The van der Waals surface area contributed by atoms with Gasteiger partial charge in [-0.25, -0.2) is 17.6 Å². The van der Waals surface area contributed by atoms with E-state index >= 15 is 0 Å². The van der Waals surface area contributed by atoms with Crippen LogP contribution < -0.4 is 5.32 Å². The number of amides is 1. The molecular weight excluding hydrogens is 459 g/mol. The molecule has 1 amide bonds. The van der Waals surface area contributed by atoms with Gasteiger partial charge in [0.2, 0.25) is 10.0 Å². The number of nitrogens with zero attached hydrogens (tertiary/aromatic N) is 1. The van der Waals surface area contributed by atoms with Crippen molar-refractivity contribution in [3.8, 4) is 0 Å². The number of rotatable bonds is 7. The van der Waals surface area contributed by atoms with E-state index in [1.807, 2.05) is 0 Å². The normalized spacial score (nSPS) is 14.9. The van der Waals surface area contributed by atoms with Gasteiger partial charge in [-0.3, -0.25) is 4.79 Å². The molecule has 1 fully saturated rings. The topological polar surface area (TPSA) is 92.8 Å². The highest BCUT2D eigenvalue weighted by Crippen LogP contribution is 2.29. The molecule has 2 aromatic rings. The second-order valence-corrected chi connectivity index (χ2v) is 9.93. The fraction of sp³-hybridized carbons (Fsp3) is 0.364. The second-order valence-electron chi connectivity index (χ2n) is 7.56. The monoisotopic (exact) mass is 482 g/mol. The number of sulfonamides is 1. The van der Waals surface area contributed by atoms with Crippen molar-refractivity contribution in [1.82, 2.24) is 4.31 Å². The van der Waals surface area contributed by atoms with Crippen molar-refractivity contribution in [2.24, 2.45) is 0 Å². The summed E-state index contributed by atoms with van der Waals surface area (Å²) in [6, 6.07) is 9.15. The molecule has 3 rings (SSSR count). The van der Waals surface area contributed by atoms with Gasteiger partial charge in [0.05, 0.1) is 16.3 Å². The molecule has 32 heavy (non-hydrogen) atoms. The minimum atomic E-state index is -3.84. The lowest BCUT2D eigenvalue weighted by Crippen LogP contribution is -2.38. The Bertz CT molecular complexity index is 1100. The minimum absolute atomic E-state index is 0.0330. The van der Waals surface area contributed by atoms with E-state index in [9.17, 15) is 22.4 Å². The van der Waals surface area contributed by atoms with Crippen LogP contribution in [-0.2, 0) is 19.6 Å². The number of hydrogen-bond acceptors (Lipinski definition) is 5. The molecular formula is C22H24ClFN2O5S. The molecule has 1 aliphatic rings. The summed E-state index contributed by atoms with van der Waals surface area (Å²) >= 11 is 5.82. The van der Waals surface area contributed by atoms with Crippen LogP contribution >= 0.6 is 11.6 Å². The lowest BCUT2D eigenvalue weighted by atomic mass is 9.96. The number of anilines is 1. The van der Waals surface area contributed by atoms with Crippen molar-refractivity contribution in [2.45, 2.75) is 43.0 Å². The highest BCUT2D eigenvalue weighted by atomic mass is 35.5. The SMILES string of the molecule is CN(C1CCCCC1)S(=O)(=O)c1ccccc1NC(=O)COC(=O)c1ccc(F)cc1Cl. The van der Waals surface area contributed by atoms with E-state index in [0.717, 1.165) is 50.3 Å². The van der Waals surface area contributed by atoms with Gasteiger partial charge in [0.15, 0.2) is 6.61 Å². The summed E-state index contributed by atoms with van der Waals surface area (Å²) in [6.07, 6.45) is 4.65. The van der Waals surface area contributed by atoms with E-state index in [0.29, 0.717) is 0 Å². The first-order valence-corrected chi connectivity index (χ1v) is 12.0. The van der Waals surface area contributed by atoms with Crippen LogP contribution in [-0.4, -0.2) is 44.3 Å². The van der Waals surface area contributed by atoms with E-state index in [1.54, 1.807) is 19.2 Å². The summed E-state index contributed by atoms with van der Waals surface area (Å²) in [5.74, 6) is -2.23. The molecule has 10 heteroatoms. The maximum absolute atomic E-state index is 13.2. The molecule has 0 unspecified atom stereocenters. The molecule has 0 atom stereocenters. The van der Waals surface area contributed by atoms with E-state index < -0.39 is 34.3 Å². The molecule has 0 spiro atoms. The standard InChI is InChI=1S/C22H24ClFN2O5S/c1-26(16-7-3-2-4-8-16)32(29,30)20-10-6-5-9-19(20)25-21(27)14-31-22(28)17-12-11-15(24)13-18(17)23/h5-6,9-13,16H,2-4,7-8,14H2,1H3,(H,25,27). The smallest absolute Gasteiger partial charge is 0.340 e. The average Bonchev–Trinajstić information content (AvgIpc) is 2.78. The lowest BCUT2D eigenvalue weighted by Gasteiger charge is -2.30. The van der Waals surface area contributed by atoms with Gasteiger partial charge < -0.3 is 10.1 Å². The summed E-state index contributed by atoms with van der Waals surface area (Å²) in [4.78, 5) is 24.4.